The number of nitrogens with zero attached hydrogens (tertiary/aromatic N) is 1. The Balaban J connectivity index is 2.09. The van der Waals surface area contributed by atoms with Crippen molar-refractivity contribution in [3.8, 4) is 5.75 Å². The van der Waals surface area contributed by atoms with E-state index in [9.17, 15) is 14.4 Å². The lowest BCUT2D eigenvalue weighted by atomic mass is 10.2. The third-order valence-electron chi connectivity index (χ3n) is 4.31. The second kappa shape index (κ2) is 9.59. The molecule has 0 saturated heterocycles. The molecule has 0 aliphatic carbocycles. The van der Waals surface area contributed by atoms with Crippen LogP contribution in [0.2, 0.25) is 0 Å². The molecular weight excluding hydrogens is 360 g/mol. The van der Waals surface area contributed by atoms with Crippen LogP contribution in [-0.4, -0.2) is 29.7 Å². The van der Waals surface area contributed by atoms with Crippen LogP contribution in [0.5, 0.6) is 5.75 Å². The van der Waals surface area contributed by atoms with Crippen molar-refractivity contribution in [3.63, 3.8) is 0 Å². The summed E-state index contributed by atoms with van der Waals surface area (Å²) in [6.45, 7) is 5.49. The van der Waals surface area contributed by atoms with E-state index in [1.165, 1.54) is 10.6 Å². The molecule has 0 aliphatic heterocycles. The SMILES string of the molecule is CCC(C)NC(=O)Cn1c(C)ccc(NC(=O)Nc2ccc(OC)cc2)c1=O. The number of anilines is 2. The zero-order chi connectivity index (χ0) is 20.7. The number of carbonyl (C=O) groups excluding carboxylic acids is 2. The van der Waals surface area contributed by atoms with Crippen molar-refractivity contribution in [2.45, 2.75) is 39.8 Å². The second-order valence-corrected chi connectivity index (χ2v) is 6.46. The highest BCUT2D eigenvalue weighted by Gasteiger charge is 2.13. The highest BCUT2D eigenvalue weighted by atomic mass is 16.5. The first-order valence-electron chi connectivity index (χ1n) is 9.06. The summed E-state index contributed by atoms with van der Waals surface area (Å²) in [6.07, 6.45) is 0.798. The molecule has 3 N–H and O–H groups in total. The first-order chi connectivity index (χ1) is 13.3. The molecule has 0 bridgehead atoms. The monoisotopic (exact) mass is 386 g/mol. The van der Waals surface area contributed by atoms with Crippen LogP contribution >= 0.6 is 0 Å². The molecule has 1 heterocycles. The van der Waals surface area contributed by atoms with E-state index < -0.39 is 11.6 Å². The van der Waals surface area contributed by atoms with E-state index in [1.54, 1.807) is 44.4 Å². The highest BCUT2D eigenvalue weighted by molar-refractivity contribution is 5.99. The maximum atomic E-state index is 12.7. The van der Waals surface area contributed by atoms with Crippen molar-refractivity contribution in [1.82, 2.24) is 9.88 Å². The molecule has 1 atom stereocenters. The van der Waals surface area contributed by atoms with Crippen LogP contribution in [0.25, 0.3) is 0 Å². The molecule has 2 aromatic rings. The summed E-state index contributed by atoms with van der Waals surface area (Å²) in [6, 6.07) is 9.47. The molecule has 150 valence electrons. The lowest BCUT2D eigenvalue weighted by Crippen LogP contribution is -2.38. The summed E-state index contributed by atoms with van der Waals surface area (Å²) in [4.78, 5) is 37.0. The summed E-state index contributed by atoms with van der Waals surface area (Å²) in [5.41, 5.74) is 0.834. The summed E-state index contributed by atoms with van der Waals surface area (Å²) < 4.78 is 6.40. The molecule has 8 nitrogen and oxygen atoms in total. The van der Waals surface area contributed by atoms with Gasteiger partial charge in [0.25, 0.3) is 5.56 Å². The third kappa shape index (κ3) is 5.60. The Morgan fingerprint density at radius 3 is 2.39 bits per heavy atom. The maximum absolute atomic E-state index is 12.7. The van der Waals surface area contributed by atoms with Crippen LogP contribution in [0.15, 0.2) is 41.2 Å². The highest BCUT2D eigenvalue weighted by Crippen LogP contribution is 2.15. The Labute approximate surface area is 163 Å². The van der Waals surface area contributed by atoms with Gasteiger partial charge in [0, 0.05) is 17.4 Å². The Morgan fingerprint density at radius 1 is 1.11 bits per heavy atom. The quantitative estimate of drug-likeness (QED) is 0.681. The average Bonchev–Trinajstić information content (AvgIpc) is 2.67. The number of ether oxygens (including phenoxy) is 1. The number of hydrogen-bond donors (Lipinski definition) is 3. The number of benzene rings is 1. The number of carbonyl (C=O) groups is 2. The zero-order valence-corrected chi connectivity index (χ0v) is 16.5. The van der Waals surface area contributed by atoms with Gasteiger partial charge in [-0.2, -0.15) is 0 Å². The standard InChI is InChI=1S/C20H26N4O4/c1-5-13(2)21-18(25)12-24-14(3)6-11-17(19(24)26)23-20(27)22-15-7-9-16(28-4)10-8-15/h6-11,13H,5,12H2,1-4H3,(H,21,25)(H2,22,23,27). The van der Waals surface area contributed by atoms with E-state index in [0.29, 0.717) is 17.1 Å². The number of aryl methyl sites for hydroxylation is 1. The van der Waals surface area contributed by atoms with Gasteiger partial charge >= 0.3 is 6.03 Å². The summed E-state index contributed by atoms with van der Waals surface area (Å²) in [7, 11) is 1.56. The predicted molar refractivity (Wildman–Crippen MR) is 109 cm³/mol. The minimum atomic E-state index is -0.554. The number of hydrogen-bond acceptors (Lipinski definition) is 4. The van der Waals surface area contributed by atoms with Gasteiger partial charge in [0.2, 0.25) is 5.91 Å². The molecule has 0 radical (unpaired) electrons. The smallest absolute Gasteiger partial charge is 0.323 e. The Bertz CT molecular complexity index is 890. The third-order valence-corrected chi connectivity index (χ3v) is 4.31. The van der Waals surface area contributed by atoms with E-state index >= 15 is 0 Å². The number of nitrogens with one attached hydrogen (secondary N) is 3. The normalized spacial score (nSPS) is 11.4. The van der Waals surface area contributed by atoms with Gasteiger partial charge in [-0.25, -0.2) is 4.79 Å². The number of urea groups is 1. The Hall–Kier alpha value is -3.29. The predicted octanol–water partition coefficient (Wildman–Crippen LogP) is 2.72. The van der Waals surface area contributed by atoms with Gasteiger partial charge in [0.15, 0.2) is 0 Å². The van der Waals surface area contributed by atoms with Crippen LogP contribution in [0.4, 0.5) is 16.2 Å². The van der Waals surface area contributed by atoms with Crippen LogP contribution in [0, 0.1) is 6.92 Å². The van der Waals surface area contributed by atoms with Gasteiger partial charge in [-0.1, -0.05) is 6.92 Å². The molecule has 1 aromatic heterocycles. The van der Waals surface area contributed by atoms with Crippen LogP contribution in [-0.2, 0) is 11.3 Å². The fraction of sp³-hybridized carbons (Fsp3) is 0.350. The molecule has 0 spiro atoms. The van der Waals surface area contributed by atoms with Crippen LogP contribution in [0.3, 0.4) is 0 Å². The second-order valence-electron chi connectivity index (χ2n) is 6.46. The Kier molecular flexibility index (Phi) is 7.20. The minimum Gasteiger partial charge on any atom is -0.497 e. The molecular formula is C20H26N4O4. The van der Waals surface area contributed by atoms with Crippen molar-refractivity contribution < 1.29 is 14.3 Å². The van der Waals surface area contributed by atoms with Crippen molar-refractivity contribution in [2.75, 3.05) is 17.7 Å². The average molecular weight is 386 g/mol. The van der Waals surface area contributed by atoms with Gasteiger partial charge in [0.1, 0.15) is 18.0 Å². The van der Waals surface area contributed by atoms with Crippen LogP contribution in [0.1, 0.15) is 26.0 Å². The van der Waals surface area contributed by atoms with Gasteiger partial charge in [-0.05, 0) is 56.7 Å². The number of aromatic nitrogens is 1. The van der Waals surface area contributed by atoms with Gasteiger partial charge in [-0.3, -0.25) is 9.59 Å². The lowest BCUT2D eigenvalue weighted by molar-refractivity contribution is -0.122. The van der Waals surface area contributed by atoms with Crippen LogP contribution < -0.4 is 26.2 Å². The molecule has 2 rings (SSSR count). The number of amides is 3. The molecule has 3 amide bonds. The molecule has 8 heteroatoms. The van der Waals surface area contributed by atoms with Crippen molar-refractivity contribution in [1.29, 1.82) is 0 Å². The zero-order valence-electron chi connectivity index (χ0n) is 16.5. The molecule has 0 fully saturated rings. The van der Waals surface area contributed by atoms with Crippen molar-refractivity contribution in [2.24, 2.45) is 0 Å². The summed E-state index contributed by atoms with van der Waals surface area (Å²) in [5.74, 6) is 0.419. The number of methoxy groups -OCH3 is 1. The molecule has 28 heavy (non-hydrogen) atoms. The van der Waals surface area contributed by atoms with E-state index in [-0.39, 0.29) is 24.2 Å². The summed E-state index contributed by atoms with van der Waals surface area (Å²) >= 11 is 0. The minimum absolute atomic E-state index is 0.0279. The van der Waals surface area contributed by atoms with Gasteiger partial charge in [-0.15, -0.1) is 0 Å². The van der Waals surface area contributed by atoms with Crippen molar-refractivity contribution in [3.05, 3.63) is 52.4 Å². The van der Waals surface area contributed by atoms with E-state index in [4.69, 9.17) is 4.74 Å². The lowest BCUT2D eigenvalue weighted by Gasteiger charge is -2.15. The first kappa shape index (κ1) is 21.0. The first-order valence-corrected chi connectivity index (χ1v) is 9.06. The van der Waals surface area contributed by atoms with E-state index in [2.05, 4.69) is 16.0 Å². The molecule has 0 saturated carbocycles. The topological polar surface area (TPSA) is 101 Å². The van der Waals surface area contributed by atoms with Gasteiger partial charge < -0.3 is 25.3 Å². The fourth-order valence-electron chi connectivity index (χ4n) is 2.49. The number of rotatable bonds is 7. The molecule has 0 aliphatic rings. The number of pyridine rings is 1. The molecule has 1 unspecified atom stereocenters. The summed E-state index contributed by atoms with van der Waals surface area (Å²) in [5, 5.41) is 8.00. The van der Waals surface area contributed by atoms with Crippen molar-refractivity contribution >= 4 is 23.3 Å². The van der Waals surface area contributed by atoms with E-state index in [1.807, 2.05) is 13.8 Å². The largest absolute Gasteiger partial charge is 0.497 e. The fourth-order valence-corrected chi connectivity index (χ4v) is 2.49. The maximum Gasteiger partial charge on any atom is 0.323 e. The van der Waals surface area contributed by atoms with Gasteiger partial charge in [0.05, 0.1) is 7.11 Å². The molecule has 1 aromatic carbocycles. The Morgan fingerprint density at radius 2 is 1.79 bits per heavy atom. The van der Waals surface area contributed by atoms with E-state index in [0.717, 1.165) is 6.42 Å².